The van der Waals surface area contributed by atoms with E-state index in [4.69, 9.17) is 11.6 Å². The lowest BCUT2D eigenvalue weighted by atomic mass is 10.1. The molecule has 3 nitrogen and oxygen atoms in total. The number of aromatic amines is 1. The summed E-state index contributed by atoms with van der Waals surface area (Å²) in [4.78, 5) is 11.8. The van der Waals surface area contributed by atoms with Crippen LogP contribution in [0.25, 0.3) is 11.2 Å². The first-order chi connectivity index (χ1) is 9.13. The molecule has 0 aliphatic rings. The number of aromatic nitrogens is 3. The van der Waals surface area contributed by atoms with E-state index in [9.17, 15) is 4.39 Å². The van der Waals surface area contributed by atoms with Gasteiger partial charge in [0, 0.05) is 22.7 Å². The molecule has 2 heterocycles. The molecule has 5 heteroatoms. The average molecular weight is 276 g/mol. The van der Waals surface area contributed by atoms with Crippen molar-refractivity contribution in [3.63, 3.8) is 0 Å². The molecule has 0 amide bonds. The second kappa shape index (κ2) is 4.63. The standard InChI is InChI=1S/C14H11ClFN3/c1-8-5-6-12-14(17-8)19-13(18-12)7-9-10(15)3-2-4-11(9)16/h2-6H,7H2,1H3,(H,17,18,19). The maximum Gasteiger partial charge on any atom is 0.177 e. The van der Waals surface area contributed by atoms with Gasteiger partial charge in [-0.25, -0.2) is 14.4 Å². The number of hydrogen-bond donors (Lipinski definition) is 1. The monoisotopic (exact) mass is 275 g/mol. The third-order valence-corrected chi connectivity index (χ3v) is 3.29. The van der Waals surface area contributed by atoms with E-state index < -0.39 is 0 Å². The predicted octanol–water partition coefficient (Wildman–Crippen LogP) is 3.65. The fourth-order valence-corrected chi connectivity index (χ4v) is 2.22. The van der Waals surface area contributed by atoms with Crippen LogP contribution in [0.1, 0.15) is 17.1 Å². The second-order valence-electron chi connectivity index (χ2n) is 4.38. The highest BCUT2D eigenvalue weighted by Crippen LogP contribution is 2.22. The van der Waals surface area contributed by atoms with Crippen LogP contribution < -0.4 is 0 Å². The van der Waals surface area contributed by atoms with E-state index in [0.29, 0.717) is 28.5 Å². The van der Waals surface area contributed by atoms with Gasteiger partial charge in [-0.05, 0) is 31.2 Å². The molecule has 0 saturated heterocycles. The molecule has 0 unspecified atom stereocenters. The lowest BCUT2D eigenvalue weighted by Gasteiger charge is -2.02. The minimum Gasteiger partial charge on any atom is -0.340 e. The number of nitrogens with zero attached hydrogens (tertiary/aromatic N) is 2. The number of aryl methyl sites for hydroxylation is 1. The second-order valence-corrected chi connectivity index (χ2v) is 4.79. The molecular weight excluding hydrogens is 265 g/mol. The van der Waals surface area contributed by atoms with Crippen LogP contribution >= 0.6 is 11.6 Å². The summed E-state index contributed by atoms with van der Waals surface area (Å²) in [7, 11) is 0. The third-order valence-electron chi connectivity index (χ3n) is 2.94. The van der Waals surface area contributed by atoms with Crippen LogP contribution in [0.2, 0.25) is 5.02 Å². The summed E-state index contributed by atoms with van der Waals surface area (Å²) in [6.45, 7) is 1.90. The van der Waals surface area contributed by atoms with Crippen LogP contribution in [0.3, 0.4) is 0 Å². The van der Waals surface area contributed by atoms with Crippen molar-refractivity contribution < 1.29 is 4.39 Å². The number of benzene rings is 1. The number of imidazole rings is 1. The Morgan fingerprint density at radius 3 is 2.84 bits per heavy atom. The Morgan fingerprint density at radius 1 is 1.21 bits per heavy atom. The normalized spacial score (nSPS) is 11.1. The average Bonchev–Trinajstić information content (AvgIpc) is 2.75. The molecular formula is C14H11ClFN3. The van der Waals surface area contributed by atoms with Crippen LogP contribution in [0.4, 0.5) is 4.39 Å². The molecule has 2 aromatic heterocycles. The van der Waals surface area contributed by atoms with Crippen molar-refractivity contribution in [2.24, 2.45) is 0 Å². The van der Waals surface area contributed by atoms with Crippen LogP contribution in [-0.4, -0.2) is 15.0 Å². The Morgan fingerprint density at radius 2 is 2.05 bits per heavy atom. The van der Waals surface area contributed by atoms with Gasteiger partial charge in [0.15, 0.2) is 5.65 Å². The minimum atomic E-state index is -0.322. The molecule has 1 N–H and O–H groups in total. The molecule has 0 saturated carbocycles. The minimum absolute atomic E-state index is 0.320. The van der Waals surface area contributed by atoms with E-state index in [0.717, 1.165) is 11.2 Å². The van der Waals surface area contributed by atoms with Gasteiger partial charge in [-0.3, -0.25) is 0 Å². The molecule has 3 aromatic rings. The predicted molar refractivity (Wildman–Crippen MR) is 72.8 cm³/mol. The highest BCUT2D eigenvalue weighted by molar-refractivity contribution is 6.31. The van der Waals surface area contributed by atoms with Gasteiger partial charge in [0.25, 0.3) is 0 Å². The third kappa shape index (κ3) is 2.31. The van der Waals surface area contributed by atoms with Gasteiger partial charge in [-0.15, -0.1) is 0 Å². The molecule has 3 rings (SSSR count). The van der Waals surface area contributed by atoms with E-state index >= 15 is 0 Å². The zero-order valence-electron chi connectivity index (χ0n) is 10.2. The first kappa shape index (κ1) is 12.1. The van der Waals surface area contributed by atoms with E-state index in [-0.39, 0.29) is 5.82 Å². The van der Waals surface area contributed by atoms with Crippen LogP contribution in [0.15, 0.2) is 30.3 Å². The SMILES string of the molecule is Cc1ccc2[nH]c(Cc3c(F)cccc3Cl)nc2n1. The number of halogens is 2. The van der Waals surface area contributed by atoms with Crippen LogP contribution in [0, 0.1) is 12.7 Å². The quantitative estimate of drug-likeness (QED) is 0.776. The van der Waals surface area contributed by atoms with Crippen molar-refractivity contribution in [2.45, 2.75) is 13.3 Å². The maximum absolute atomic E-state index is 13.7. The van der Waals surface area contributed by atoms with Crippen molar-refractivity contribution in [2.75, 3.05) is 0 Å². The molecule has 96 valence electrons. The van der Waals surface area contributed by atoms with E-state index in [1.165, 1.54) is 6.07 Å². The number of rotatable bonds is 2. The molecule has 0 radical (unpaired) electrons. The summed E-state index contributed by atoms with van der Waals surface area (Å²) in [6, 6.07) is 8.47. The van der Waals surface area contributed by atoms with Gasteiger partial charge in [0.1, 0.15) is 11.6 Å². The van der Waals surface area contributed by atoms with Gasteiger partial charge in [-0.2, -0.15) is 0 Å². The topological polar surface area (TPSA) is 41.6 Å². The molecule has 19 heavy (non-hydrogen) atoms. The molecule has 0 bridgehead atoms. The van der Waals surface area contributed by atoms with Crippen LogP contribution in [0.5, 0.6) is 0 Å². The lowest BCUT2D eigenvalue weighted by molar-refractivity contribution is 0.612. The summed E-state index contributed by atoms with van der Waals surface area (Å²) in [5, 5.41) is 0.407. The lowest BCUT2D eigenvalue weighted by Crippen LogP contribution is -1.95. The Kier molecular flexibility index (Phi) is 2.95. The van der Waals surface area contributed by atoms with Gasteiger partial charge in [0.2, 0.25) is 0 Å². The molecule has 1 aromatic carbocycles. The molecule has 0 fully saturated rings. The number of pyridine rings is 1. The fourth-order valence-electron chi connectivity index (χ4n) is 1.99. The Balaban J connectivity index is 2.01. The fraction of sp³-hybridized carbons (Fsp3) is 0.143. The summed E-state index contributed by atoms with van der Waals surface area (Å²) in [5.74, 6) is 0.331. The molecule has 0 aliphatic carbocycles. The zero-order valence-corrected chi connectivity index (χ0v) is 11.0. The van der Waals surface area contributed by atoms with Crippen LogP contribution in [-0.2, 0) is 6.42 Å². The summed E-state index contributed by atoms with van der Waals surface area (Å²) < 4.78 is 13.7. The zero-order chi connectivity index (χ0) is 13.4. The molecule has 0 atom stereocenters. The van der Waals surface area contributed by atoms with Crippen molar-refractivity contribution in [1.82, 2.24) is 15.0 Å². The number of nitrogens with one attached hydrogen (secondary N) is 1. The number of H-pyrrole nitrogens is 1. The summed E-state index contributed by atoms with van der Waals surface area (Å²) >= 11 is 6.01. The van der Waals surface area contributed by atoms with Gasteiger partial charge in [-0.1, -0.05) is 17.7 Å². The largest absolute Gasteiger partial charge is 0.340 e. The smallest absolute Gasteiger partial charge is 0.177 e. The summed E-state index contributed by atoms with van der Waals surface area (Å²) in [6.07, 6.45) is 0.320. The Hall–Kier alpha value is -1.94. The van der Waals surface area contributed by atoms with Gasteiger partial charge >= 0.3 is 0 Å². The van der Waals surface area contributed by atoms with Gasteiger partial charge in [0.05, 0.1) is 5.52 Å². The van der Waals surface area contributed by atoms with Crippen molar-refractivity contribution in [3.8, 4) is 0 Å². The number of fused-ring (bicyclic) bond motifs is 1. The molecule has 0 aliphatic heterocycles. The first-order valence-electron chi connectivity index (χ1n) is 5.88. The Labute approximate surface area is 114 Å². The van der Waals surface area contributed by atoms with E-state index in [2.05, 4.69) is 15.0 Å². The van der Waals surface area contributed by atoms with E-state index in [1.807, 2.05) is 19.1 Å². The summed E-state index contributed by atoms with van der Waals surface area (Å²) in [5.41, 5.74) is 2.82. The highest BCUT2D eigenvalue weighted by atomic mass is 35.5. The van der Waals surface area contributed by atoms with Gasteiger partial charge < -0.3 is 4.98 Å². The van der Waals surface area contributed by atoms with Crippen molar-refractivity contribution >= 4 is 22.8 Å². The van der Waals surface area contributed by atoms with E-state index in [1.54, 1.807) is 12.1 Å². The maximum atomic E-state index is 13.7. The Bertz CT molecular complexity index is 731. The first-order valence-corrected chi connectivity index (χ1v) is 6.26. The molecule has 0 spiro atoms. The number of hydrogen-bond acceptors (Lipinski definition) is 2. The highest BCUT2D eigenvalue weighted by Gasteiger charge is 2.11. The van der Waals surface area contributed by atoms with Crippen molar-refractivity contribution in [3.05, 3.63) is 58.3 Å². The van der Waals surface area contributed by atoms with Crippen molar-refractivity contribution in [1.29, 1.82) is 0 Å².